The number of nitrogens with one attached hydrogen (secondary N) is 1. The normalized spacial score (nSPS) is 12.5. The van der Waals surface area contributed by atoms with Crippen LogP contribution in [0.2, 0.25) is 0 Å². The molecule has 36 heavy (non-hydrogen) atoms. The van der Waals surface area contributed by atoms with Crippen LogP contribution in [0.15, 0.2) is 97.2 Å². The Morgan fingerprint density at radius 2 is 1.78 bits per heavy atom. The first-order chi connectivity index (χ1) is 17.6. The number of nitrogens with zero attached hydrogens (tertiary/aromatic N) is 2. The molecule has 0 saturated carbocycles. The van der Waals surface area contributed by atoms with Gasteiger partial charge in [-0.3, -0.25) is 9.59 Å². The zero-order valence-electron chi connectivity index (χ0n) is 19.9. The fourth-order valence-electron chi connectivity index (χ4n) is 3.99. The van der Waals surface area contributed by atoms with Gasteiger partial charge in [-0.1, -0.05) is 30.3 Å². The monoisotopic (exact) mass is 480 g/mol. The predicted molar refractivity (Wildman–Crippen MR) is 136 cm³/mol. The maximum absolute atomic E-state index is 12.9. The summed E-state index contributed by atoms with van der Waals surface area (Å²) in [7, 11) is 1.97. The van der Waals surface area contributed by atoms with Crippen molar-refractivity contribution >= 4 is 23.2 Å². The Bertz CT molecular complexity index is 1390. The Kier molecular flexibility index (Phi) is 6.62. The van der Waals surface area contributed by atoms with Crippen molar-refractivity contribution in [3.63, 3.8) is 0 Å². The number of carbonyl (C=O) groups excluding carboxylic acids is 2. The van der Waals surface area contributed by atoms with E-state index in [1.165, 1.54) is 0 Å². The molecule has 4 aromatic rings. The third kappa shape index (κ3) is 5.20. The second-order valence-electron chi connectivity index (χ2n) is 8.51. The maximum atomic E-state index is 12.9. The van der Waals surface area contributed by atoms with Gasteiger partial charge in [0.15, 0.2) is 19.4 Å². The molecular formula is C29H26N3O4+. The van der Waals surface area contributed by atoms with E-state index in [-0.39, 0.29) is 18.4 Å². The van der Waals surface area contributed by atoms with Crippen LogP contribution >= 0.6 is 0 Å². The molecular weight excluding hydrogens is 454 g/mol. The molecule has 0 bridgehead atoms. The number of ether oxygens (including phenoxy) is 2. The minimum absolute atomic E-state index is 0.0621. The summed E-state index contributed by atoms with van der Waals surface area (Å²) < 4.78 is 13.5. The molecule has 5 rings (SSSR count). The summed E-state index contributed by atoms with van der Waals surface area (Å²) in [6.45, 7) is 0.827. The van der Waals surface area contributed by atoms with Gasteiger partial charge in [-0.05, 0) is 54.1 Å². The SMILES string of the molecule is C[n+]1ccccc1COc1ccc(NC(=O)c2ccc3c(c2)OCC(=O)N3Cc2ccccc2)cc1. The van der Waals surface area contributed by atoms with Crippen molar-refractivity contribution in [3.8, 4) is 11.5 Å². The zero-order valence-corrected chi connectivity index (χ0v) is 19.9. The third-order valence-corrected chi connectivity index (χ3v) is 6.01. The molecule has 2 amide bonds. The quantitative estimate of drug-likeness (QED) is 0.401. The van der Waals surface area contributed by atoms with Gasteiger partial charge in [-0.25, -0.2) is 4.57 Å². The number of aromatic nitrogens is 1. The molecule has 0 fully saturated rings. The summed E-state index contributed by atoms with van der Waals surface area (Å²) in [6.07, 6.45) is 1.97. The minimum atomic E-state index is -0.266. The van der Waals surface area contributed by atoms with Crippen molar-refractivity contribution in [2.45, 2.75) is 13.2 Å². The van der Waals surface area contributed by atoms with Gasteiger partial charge in [-0.2, -0.15) is 0 Å². The Morgan fingerprint density at radius 1 is 1.00 bits per heavy atom. The average Bonchev–Trinajstić information content (AvgIpc) is 2.91. The smallest absolute Gasteiger partial charge is 0.265 e. The van der Waals surface area contributed by atoms with E-state index in [1.54, 1.807) is 35.2 Å². The van der Waals surface area contributed by atoms with E-state index in [9.17, 15) is 9.59 Å². The fraction of sp³-hybridized carbons (Fsp3) is 0.138. The highest BCUT2D eigenvalue weighted by Gasteiger charge is 2.26. The van der Waals surface area contributed by atoms with Gasteiger partial charge in [0.1, 0.15) is 18.5 Å². The van der Waals surface area contributed by atoms with Crippen molar-refractivity contribution in [2.75, 3.05) is 16.8 Å². The third-order valence-electron chi connectivity index (χ3n) is 6.01. The summed E-state index contributed by atoms with van der Waals surface area (Å²) in [5.41, 5.74) is 3.82. The highest BCUT2D eigenvalue weighted by Crippen LogP contribution is 2.34. The summed E-state index contributed by atoms with van der Waals surface area (Å²) in [4.78, 5) is 27.1. The van der Waals surface area contributed by atoms with Gasteiger partial charge in [0.05, 0.1) is 12.2 Å². The van der Waals surface area contributed by atoms with Crippen LogP contribution in [0, 0.1) is 0 Å². The van der Waals surface area contributed by atoms with E-state index in [4.69, 9.17) is 9.47 Å². The number of carbonyl (C=O) groups is 2. The van der Waals surface area contributed by atoms with Gasteiger partial charge < -0.3 is 19.7 Å². The number of benzene rings is 3. The van der Waals surface area contributed by atoms with Crippen molar-refractivity contribution in [1.29, 1.82) is 0 Å². The Morgan fingerprint density at radius 3 is 2.56 bits per heavy atom. The summed E-state index contributed by atoms with van der Waals surface area (Å²) in [5, 5.41) is 2.90. The lowest BCUT2D eigenvalue weighted by atomic mass is 10.1. The molecule has 2 heterocycles. The average molecular weight is 481 g/mol. The number of anilines is 2. The molecule has 7 nitrogen and oxygen atoms in total. The fourth-order valence-corrected chi connectivity index (χ4v) is 3.99. The van der Waals surface area contributed by atoms with Crippen LogP contribution in [0.3, 0.4) is 0 Å². The van der Waals surface area contributed by atoms with E-state index < -0.39 is 0 Å². The van der Waals surface area contributed by atoms with Crippen LogP contribution in [-0.2, 0) is 25.0 Å². The van der Waals surface area contributed by atoms with Crippen LogP contribution in [-0.4, -0.2) is 18.4 Å². The van der Waals surface area contributed by atoms with Crippen LogP contribution in [0.1, 0.15) is 21.6 Å². The molecule has 0 aliphatic carbocycles. The largest absolute Gasteiger partial charge is 0.483 e. The van der Waals surface area contributed by atoms with E-state index in [1.807, 2.05) is 78.5 Å². The van der Waals surface area contributed by atoms with E-state index in [0.717, 1.165) is 11.3 Å². The lowest BCUT2D eigenvalue weighted by Gasteiger charge is -2.29. The number of fused-ring (bicyclic) bond motifs is 1. The molecule has 0 radical (unpaired) electrons. The number of pyridine rings is 1. The standard InChI is InChI=1S/C29H25N3O4/c1-31-16-6-5-9-24(31)19-35-25-13-11-23(12-14-25)30-29(34)22-10-15-26-27(17-22)36-20-28(33)32(26)18-21-7-3-2-4-8-21/h2-17H,18-20H2,1H3/p+1. The molecule has 0 saturated heterocycles. The molecule has 180 valence electrons. The van der Waals surface area contributed by atoms with Crippen LogP contribution in [0.25, 0.3) is 0 Å². The van der Waals surface area contributed by atoms with Gasteiger partial charge in [0.2, 0.25) is 5.69 Å². The van der Waals surface area contributed by atoms with Gasteiger partial charge in [0, 0.05) is 23.4 Å². The molecule has 0 spiro atoms. The van der Waals surface area contributed by atoms with Gasteiger partial charge in [0.25, 0.3) is 11.8 Å². The van der Waals surface area contributed by atoms with Crippen LogP contribution in [0.4, 0.5) is 11.4 Å². The number of aryl methyl sites for hydroxylation is 1. The highest BCUT2D eigenvalue weighted by atomic mass is 16.5. The molecule has 1 aromatic heterocycles. The van der Waals surface area contributed by atoms with Crippen molar-refractivity contribution in [2.24, 2.45) is 7.05 Å². The predicted octanol–water partition coefficient (Wildman–Crippen LogP) is 4.27. The first kappa shape index (κ1) is 23.1. The van der Waals surface area contributed by atoms with Crippen LogP contribution in [0.5, 0.6) is 11.5 Å². The van der Waals surface area contributed by atoms with Crippen molar-refractivity contribution in [3.05, 3.63) is 114 Å². The van der Waals surface area contributed by atoms with Gasteiger partial charge in [-0.15, -0.1) is 0 Å². The molecule has 7 heteroatoms. The number of hydrogen-bond acceptors (Lipinski definition) is 4. The lowest BCUT2D eigenvalue weighted by Crippen LogP contribution is -2.38. The Balaban J connectivity index is 1.24. The topological polar surface area (TPSA) is 71.7 Å². The first-order valence-electron chi connectivity index (χ1n) is 11.7. The molecule has 1 N–H and O–H groups in total. The molecule has 1 aliphatic heterocycles. The van der Waals surface area contributed by atoms with E-state index >= 15 is 0 Å². The maximum Gasteiger partial charge on any atom is 0.265 e. The summed E-state index contributed by atoms with van der Waals surface area (Å²) >= 11 is 0. The van der Waals surface area contributed by atoms with Crippen LogP contribution < -0.4 is 24.3 Å². The highest BCUT2D eigenvalue weighted by molar-refractivity contribution is 6.06. The van der Waals surface area contributed by atoms with Crippen molar-refractivity contribution < 1.29 is 23.6 Å². The molecule has 3 aromatic carbocycles. The number of amides is 2. The second-order valence-corrected chi connectivity index (χ2v) is 8.51. The Labute approximate surface area is 209 Å². The number of hydrogen-bond donors (Lipinski definition) is 1. The molecule has 0 unspecified atom stereocenters. The second kappa shape index (κ2) is 10.3. The molecule has 0 atom stereocenters. The van der Waals surface area contributed by atoms with Crippen molar-refractivity contribution in [1.82, 2.24) is 0 Å². The minimum Gasteiger partial charge on any atom is -0.483 e. The zero-order chi connectivity index (χ0) is 24.9. The molecule has 1 aliphatic rings. The summed E-state index contributed by atoms with van der Waals surface area (Å²) in [6, 6.07) is 28.1. The van der Waals surface area contributed by atoms with Gasteiger partial charge >= 0.3 is 0 Å². The first-order valence-corrected chi connectivity index (χ1v) is 11.7. The Hall–Kier alpha value is -4.65. The number of rotatable bonds is 7. The summed E-state index contributed by atoms with van der Waals surface area (Å²) in [5.74, 6) is 0.836. The van der Waals surface area contributed by atoms with E-state index in [0.29, 0.717) is 41.6 Å². The van der Waals surface area contributed by atoms with E-state index in [2.05, 4.69) is 5.32 Å². The lowest BCUT2D eigenvalue weighted by molar-refractivity contribution is -0.680.